The highest BCUT2D eigenvalue weighted by molar-refractivity contribution is 7.14. The fourth-order valence-electron chi connectivity index (χ4n) is 11.4. The maximum atomic E-state index is 13.7. The Labute approximate surface area is 387 Å². The molecule has 10 nitrogen and oxygen atoms in total. The lowest BCUT2D eigenvalue weighted by atomic mass is 9.72. The molecule has 0 amide bonds. The molecule has 2 aromatic heterocycles. The van der Waals surface area contributed by atoms with Gasteiger partial charge in [-0.1, -0.05) is 37.1 Å². The normalized spacial score (nSPS) is 22.2. The molecule has 318 valence electrons. The third-order valence-electron chi connectivity index (χ3n) is 14.6. The van der Waals surface area contributed by atoms with Crippen LogP contribution in [0, 0.1) is 47.6 Å². The fraction of sp³-hybridized carbons (Fsp3) is 0.259. The van der Waals surface area contributed by atoms with Crippen molar-refractivity contribution >= 4 is 80.5 Å². The molecule has 2 atom stereocenters. The minimum atomic E-state index is -0.565. The highest BCUT2D eigenvalue weighted by Gasteiger charge is 2.49. The summed E-state index contributed by atoms with van der Waals surface area (Å²) in [6.07, 6.45) is 21.9. The summed E-state index contributed by atoms with van der Waals surface area (Å²) < 4.78 is 14.3. The molecule has 0 bridgehead atoms. The van der Waals surface area contributed by atoms with E-state index in [1.807, 2.05) is 12.1 Å². The van der Waals surface area contributed by atoms with E-state index in [0.717, 1.165) is 118 Å². The molecule has 4 aromatic rings. The Morgan fingerprint density at radius 3 is 1.30 bits per heavy atom. The van der Waals surface area contributed by atoms with Gasteiger partial charge >= 0.3 is 0 Å². The number of benzene rings is 2. The Morgan fingerprint density at radius 2 is 0.939 bits per heavy atom. The van der Waals surface area contributed by atoms with Crippen molar-refractivity contribution in [2.24, 2.45) is 11.8 Å². The van der Waals surface area contributed by atoms with Crippen molar-refractivity contribution in [2.75, 3.05) is 0 Å². The largest absolute Gasteiger partial charge is 0.482 e. The monoisotopic (exact) mass is 898 g/mol. The van der Waals surface area contributed by atoms with Crippen molar-refractivity contribution in [3.05, 3.63) is 170 Å². The van der Waals surface area contributed by atoms with Crippen molar-refractivity contribution in [3.8, 4) is 12.1 Å². The molecule has 0 saturated heterocycles. The van der Waals surface area contributed by atoms with Crippen LogP contribution in [0.5, 0.6) is 0 Å². The molecule has 6 aliphatic carbocycles. The smallest absolute Gasteiger partial charge is 0.197 e. The van der Waals surface area contributed by atoms with E-state index in [1.165, 1.54) is 35.6 Å². The van der Waals surface area contributed by atoms with Crippen molar-refractivity contribution in [2.45, 2.75) is 75.4 Å². The SMILES string of the molecule is [C-]#[N+]c1cc2c(cc1[N+]#[C-])C(=O)C(=Cc1cc3c(s1)C1=CC4C=C5OC6(CCCCC6)c6cc(C=C7C(=O)c8cc(C#N)c(C#N)cc8C7=O)sc6C5=CC4C=C1OC31CCCCC1)C2=O. The number of ketones is 4. The first kappa shape index (κ1) is 40.1. The predicted molar refractivity (Wildman–Crippen MR) is 248 cm³/mol. The molecule has 12 heteroatoms. The zero-order valence-corrected chi connectivity index (χ0v) is 36.8. The quantitative estimate of drug-likeness (QED) is 0.110. The maximum Gasteiger partial charge on any atom is 0.197 e. The third kappa shape index (κ3) is 5.72. The summed E-state index contributed by atoms with van der Waals surface area (Å²) >= 11 is 3.08. The van der Waals surface area contributed by atoms with Crippen molar-refractivity contribution in [3.63, 3.8) is 0 Å². The Morgan fingerprint density at radius 1 is 0.561 bits per heavy atom. The van der Waals surface area contributed by atoms with Gasteiger partial charge in [0.15, 0.2) is 34.5 Å². The van der Waals surface area contributed by atoms with Crippen molar-refractivity contribution in [1.29, 1.82) is 10.5 Å². The summed E-state index contributed by atoms with van der Waals surface area (Å²) in [5.41, 5.74) is 3.81. The van der Waals surface area contributed by atoms with E-state index in [2.05, 4.69) is 46.1 Å². The minimum absolute atomic E-state index is 0.0136. The Balaban J connectivity index is 0.925. The fourth-order valence-corrected chi connectivity index (χ4v) is 13.8. The number of allylic oxidation sites excluding steroid dienone is 8. The standard InChI is InChI=1S/C54H34N4O6S2/c1-57-43-23-35-36(24-44(43)58-2)50(62)40(49(35)61)20-32-22-42-52(66-32)38-14-28-17-45-37(13-27(28)18-46(38)64-54(42)11-7-4-8-12-54)51-41(53(63-45)9-5-3-6-10-53)21-31(65-51)19-39-47(59)33-15-29(25-55)30(26-56)16-34(33)48(39)60/h13-24,27-28H,3-12H2. The molecule has 0 radical (unpaired) electrons. The average Bonchev–Trinajstić information content (AvgIpc) is 4.09. The second-order valence-corrected chi connectivity index (χ2v) is 20.4. The first-order valence-corrected chi connectivity index (χ1v) is 23.8. The van der Waals surface area contributed by atoms with E-state index in [9.17, 15) is 29.7 Å². The minimum Gasteiger partial charge on any atom is -0.482 e. The average molecular weight is 899 g/mol. The van der Waals surface area contributed by atoms with E-state index in [-0.39, 0.29) is 67.7 Å². The summed E-state index contributed by atoms with van der Waals surface area (Å²) in [6.45, 7) is 15.0. The van der Waals surface area contributed by atoms with E-state index >= 15 is 0 Å². The van der Waals surface area contributed by atoms with Gasteiger partial charge in [0.25, 0.3) is 0 Å². The van der Waals surface area contributed by atoms with Crippen LogP contribution in [-0.4, -0.2) is 23.1 Å². The number of nitriles is 2. The van der Waals surface area contributed by atoms with Crippen LogP contribution in [0.1, 0.15) is 147 Å². The van der Waals surface area contributed by atoms with Gasteiger partial charge in [-0.3, -0.25) is 28.9 Å². The zero-order chi connectivity index (χ0) is 45.2. The number of Topliss-reactive ketones (excluding diaryl/α,β-unsaturated/α-hetero) is 4. The van der Waals surface area contributed by atoms with Gasteiger partial charge < -0.3 is 9.47 Å². The molecule has 2 saturated carbocycles. The molecule has 0 N–H and O–H groups in total. The Bertz CT molecular complexity index is 3080. The van der Waals surface area contributed by atoms with Gasteiger partial charge in [-0.05, 0) is 99.9 Å². The van der Waals surface area contributed by atoms with Gasteiger partial charge in [0.05, 0.1) is 35.4 Å². The van der Waals surface area contributed by atoms with Crippen LogP contribution in [0.25, 0.3) is 33.0 Å². The van der Waals surface area contributed by atoms with Crippen LogP contribution >= 0.6 is 22.7 Å². The van der Waals surface area contributed by atoms with E-state index < -0.39 is 34.3 Å². The second kappa shape index (κ2) is 14.5. The highest BCUT2D eigenvalue weighted by Crippen LogP contribution is 2.59. The molecule has 2 spiro atoms. The summed E-state index contributed by atoms with van der Waals surface area (Å²) in [6, 6.07) is 13.5. The lowest BCUT2D eigenvalue weighted by molar-refractivity contribution is -0.0339. The van der Waals surface area contributed by atoms with Crippen molar-refractivity contribution < 1.29 is 28.7 Å². The highest BCUT2D eigenvalue weighted by atomic mass is 32.1. The van der Waals surface area contributed by atoms with Gasteiger partial charge in [0.1, 0.15) is 34.9 Å². The van der Waals surface area contributed by atoms with Gasteiger partial charge in [-0.15, -0.1) is 22.7 Å². The van der Waals surface area contributed by atoms with E-state index in [0.29, 0.717) is 0 Å². The molecule has 66 heavy (non-hydrogen) atoms. The third-order valence-corrected chi connectivity index (χ3v) is 16.8. The van der Waals surface area contributed by atoms with Crippen LogP contribution in [0.15, 0.2) is 83.4 Å². The molecule has 2 unspecified atom stereocenters. The van der Waals surface area contributed by atoms with Gasteiger partial charge in [-0.2, -0.15) is 10.5 Å². The number of nitrogens with zero attached hydrogens (tertiary/aromatic N) is 4. The molecule has 2 aliphatic heterocycles. The number of carbonyl (C=O) groups excluding carboxylic acids is 4. The van der Waals surface area contributed by atoms with Crippen LogP contribution in [-0.2, 0) is 20.7 Å². The zero-order valence-electron chi connectivity index (χ0n) is 35.2. The lowest BCUT2D eigenvalue weighted by Gasteiger charge is -2.46. The van der Waals surface area contributed by atoms with Gasteiger partial charge in [0, 0.05) is 75.9 Å². The second-order valence-electron chi connectivity index (χ2n) is 18.2. The van der Waals surface area contributed by atoms with Gasteiger partial charge in [0.2, 0.25) is 0 Å². The number of hydrogen-bond acceptors (Lipinski definition) is 10. The lowest BCUT2D eigenvalue weighted by Crippen LogP contribution is -2.37. The van der Waals surface area contributed by atoms with E-state index in [1.54, 1.807) is 23.5 Å². The van der Waals surface area contributed by atoms with Crippen molar-refractivity contribution in [1.82, 2.24) is 0 Å². The number of rotatable bonds is 2. The number of ether oxygens (including phenoxy) is 2. The van der Waals surface area contributed by atoms with Crippen LogP contribution < -0.4 is 0 Å². The number of thiophene rings is 2. The molecule has 2 aromatic carbocycles. The summed E-state index contributed by atoms with van der Waals surface area (Å²) in [4.78, 5) is 65.3. The van der Waals surface area contributed by atoms with Crippen LogP contribution in [0.2, 0.25) is 0 Å². The van der Waals surface area contributed by atoms with Crippen LogP contribution in [0.4, 0.5) is 11.4 Å². The summed E-state index contributed by atoms with van der Waals surface area (Å²) in [7, 11) is 0. The van der Waals surface area contributed by atoms with Gasteiger partial charge in [-0.25, -0.2) is 0 Å². The molecular formula is C54H34N4O6S2. The Hall–Kier alpha value is -7.48. The number of fused-ring (bicyclic) bond motifs is 11. The summed E-state index contributed by atoms with van der Waals surface area (Å²) in [5, 5.41) is 19.2. The predicted octanol–water partition coefficient (Wildman–Crippen LogP) is 12.5. The van der Waals surface area contributed by atoms with Crippen LogP contribution in [0.3, 0.4) is 0 Å². The van der Waals surface area contributed by atoms with E-state index in [4.69, 9.17) is 22.6 Å². The first-order valence-electron chi connectivity index (χ1n) is 22.1. The molecule has 4 heterocycles. The maximum absolute atomic E-state index is 13.7. The number of carbonyl (C=O) groups is 4. The first-order chi connectivity index (χ1) is 32.1. The molecular weight excluding hydrogens is 865 g/mol. The molecule has 8 aliphatic rings. The summed E-state index contributed by atoms with van der Waals surface area (Å²) in [5.74, 6) is -0.294. The molecule has 2 fully saturated rings. The topological polar surface area (TPSA) is 143 Å². The number of hydrogen-bond donors (Lipinski definition) is 0. The molecule has 12 rings (SSSR count). The Kier molecular flexibility index (Phi) is 8.81.